The van der Waals surface area contributed by atoms with Crippen LogP contribution in [0, 0.1) is 16.7 Å². The Balaban J connectivity index is 1.93. The van der Waals surface area contributed by atoms with Crippen LogP contribution in [-0.4, -0.2) is 28.2 Å². The van der Waals surface area contributed by atoms with Crippen molar-refractivity contribution in [3.8, 4) is 6.07 Å². The minimum absolute atomic E-state index is 0.0318. The van der Waals surface area contributed by atoms with Gasteiger partial charge >= 0.3 is 0 Å². The molecule has 1 heterocycles. The van der Waals surface area contributed by atoms with Crippen LogP contribution in [-0.2, 0) is 20.5 Å². The highest BCUT2D eigenvalue weighted by molar-refractivity contribution is 7.88. The fraction of sp³-hybridized carbons (Fsp3) is 0.533. The molecule has 1 aliphatic rings. The lowest BCUT2D eigenvalue weighted by Gasteiger charge is -2.33. The van der Waals surface area contributed by atoms with Gasteiger partial charge in [-0.2, -0.15) is 5.26 Å². The van der Waals surface area contributed by atoms with E-state index in [0.717, 1.165) is 12.8 Å². The predicted octanol–water partition coefficient (Wildman–Crippen LogP) is 1.79. The Morgan fingerprint density at radius 2 is 1.90 bits per heavy atom. The minimum Gasteiger partial charge on any atom is -0.381 e. The molecule has 0 saturated carbocycles. The van der Waals surface area contributed by atoms with E-state index in [-0.39, 0.29) is 11.2 Å². The molecular formula is C15H20N2O3S. The second-order valence-corrected chi connectivity index (χ2v) is 7.62. The normalized spacial score (nSPS) is 18.1. The Hall–Kier alpha value is -1.42. The Kier molecular flexibility index (Phi) is 4.99. The average Bonchev–Trinajstić information content (AvgIpc) is 2.47. The minimum atomic E-state index is -3.37. The van der Waals surface area contributed by atoms with Gasteiger partial charge in [0.15, 0.2) is 0 Å². The maximum Gasteiger partial charge on any atom is 0.215 e. The van der Waals surface area contributed by atoms with Crippen LogP contribution in [0.25, 0.3) is 0 Å². The molecule has 1 aliphatic heterocycles. The van der Waals surface area contributed by atoms with E-state index in [2.05, 4.69) is 11.6 Å². The molecule has 0 radical (unpaired) electrons. The van der Waals surface area contributed by atoms with Crippen LogP contribution in [0.15, 0.2) is 24.3 Å². The molecule has 1 N–H and O–H groups in total. The first-order chi connectivity index (χ1) is 9.92. The standard InChI is InChI=1S/C15H20N2O3S/c1-15(6-8-20-9-7-15)12-17-21(18,19)11-14-4-2-13(10-16)3-5-14/h2-5,17H,6-9,11-12H2,1H3. The van der Waals surface area contributed by atoms with E-state index in [0.29, 0.717) is 30.9 Å². The molecule has 0 aromatic heterocycles. The molecule has 1 aromatic rings. The van der Waals surface area contributed by atoms with Crippen LogP contribution in [0.2, 0.25) is 0 Å². The zero-order valence-electron chi connectivity index (χ0n) is 12.1. The first-order valence-corrected chi connectivity index (χ1v) is 8.62. The molecule has 1 aromatic carbocycles. The summed E-state index contributed by atoms with van der Waals surface area (Å²) in [6, 6.07) is 8.62. The number of rotatable bonds is 5. The molecular weight excluding hydrogens is 288 g/mol. The molecule has 0 spiro atoms. The van der Waals surface area contributed by atoms with Gasteiger partial charge in [0.05, 0.1) is 17.4 Å². The highest BCUT2D eigenvalue weighted by Crippen LogP contribution is 2.28. The van der Waals surface area contributed by atoms with Gasteiger partial charge in [0.25, 0.3) is 0 Å². The summed E-state index contributed by atoms with van der Waals surface area (Å²) in [7, 11) is -3.37. The topological polar surface area (TPSA) is 79.2 Å². The van der Waals surface area contributed by atoms with E-state index in [1.165, 1.54) is 0 Å². The number of benzene rings is 1. The van der Waals surface area contributed by atoms with Crippen LogP contribution in [0.3, 0.4) is 0 Å². The van der Waals surface area contributed by atoms with Crippen molar-refractivity contribution in [3.05, 3.63) is 35.4 Å². The molecule has 0 amide bonds. The van der Waals surface area contributed by atoms with Gasteiger partial charge in [0.2, 0.25) is 10.0 Å². The van der Waals surface area contributed by atoms with Gasteiger partial charge in [-0.15, -0.1) is 0 Å². The van der Waals surface area contributed by atoms with E-state index in [4.69, 9.17) is 10.00 Å². The lowest BCUT2D eigenvalue weighted by molar-refractivity contribution is 0.0264. The average molecular weight is 308 g/mol. The summed E-state index contributed by atoms with van der Waals surface area (Å²) in [6.45, 7) is 3.90. The van der Waals surface area contributed by atoms with Crippen LogP contribution in [0.1, 0.15) is 30.9 Å². The first-order valence-electron chi connectivity index (χ1n) is 6.97. The third-order valence-electron chi connectivity index (χ3n) is 3.86. The summed E-state index contributed by atoms with van der Waals surface area (Å²) in [5.74, 6) is -0.0642. The summed E-state index contributed by atoms with van der Waals surface area (Å²) in [6.07, 6.45) is 1.73. The van der Waals surface area contributed by atoms with Crippen LogP contribution in [0.4, 0.5) is 0 Å². The zero-order chi connectivity index (χ0) is 15.3. The number of nitriles is 1. The van der Waals surface area contributed by atoms with E-state index in [9.17, 15) is 8.42 Å². The number of hydrogen-bond donors (Lipinski definition) is 1. The molecule has 5 nitrogen and oxygen atoms in total. The van der Waals surface area contributed by atoms with Crippen molar-refractivity contribution in [2.45, 2.75) is 25.5 Å². The van der Waals surface area contributed by atoms with Crippen molar-refractivity contribution in [2.24, 2.45) is 5.41 Å². The number of sulfonamides is 1. The maximum absolute atomic E-state index is 12.1. The van der Waals surface area contributed by atoms with Crippen molar-refractivity contribution < 1.29 is 13.2 Å². The predicted molar refractivity (Wildman–Crippen MR) is 79.9 cm³/mol. The van der Waals surface area contributed by atoms with Gasteiger partial charge in [-0.25, -0.2) is 13.1 Å². The Bertz CT molecular complexity index is 611. The molecule has 1 fully saturated rings. The van der Waals surface area contributed by atoms with Gasteiger partial charge in [0.1, 0.15) is 0 Å². The lowest BCUT2D eigenvalue weighted by Crippen LogP contribution is -2.39. The van der Waals surface area contributed by atoms with Gasteiger partial charge in [-0.1, -0.05) is 19.1 Å². The molecule has 1 saturated heterocycles. The third kappa shape index (κ3) is 4.81. The molecule has 6 heteroatoms. The van der Waals surface area contributed by atoms with E-state index in [1.54, 1.807) is 24.3 Å². The van der Waals surface area contributed by atoms with E-state index >= 15 is 0 Å². The quantitative estimate of drug-likeness (QED) is 0.899. The largest absolute Gasteiger partial charge is 0.381 e. The second-order valence-electron chi connectivity index (χ2n) is 5.81. The Morgan fingerprint density at radius 3 is 2.48 bits per heavy atom. The summed E-state index contributed by atoms with van der Waals surface area (Å²) in [5.41, 5.74) is 1.17. The first kappa shape index (κ1) is 16.0. The van der Waals surface area contributed by atoms with Gasteiger partial charge in [-0.3, -0.25) is 0 Å². The molecule has 114 valence electrons. The van der Waals surface area contributed by atoms with Crippen LogP contribution in [0.5, 0.6) is 0 Å². The molecule has 0 bridgehead atoms. The summed E-state index contributed by atoms with van der Waals surface area (Å²) in [5, 5.41) is 8.73. The number of ether oxygens (including phenoxy) is 1. The van der Waals surface area contributed by atoms with E-state index < -0.39 is 10.0 Å². The number of nitrogens with one attached hydrogen (secondary N) is 1. The highest BCUT2D eigenvalue weighted by atomic mass is 32.2. The molecule has 0 atom stereocenters. The van der Waals surface area contributed by atoms with Crippen LogP contribution < -0.4 is 4.72 Å². The van der Waals surface area contributed by atoms with Crippen LogP contribution >= 0.6 is 0 Å². The van der Waals surface area contributed by atoms with Crippen molar-refractivity contribution in [1.29, 1.82) is 5.26 Å². The van der Waals surface area contributed by atoms with Gasteiger partial charge < -0.3 is 4.74 Å². The van der Waals surface area contributed by atoms with Crippen molar-refractivity contribution in [3.63, 3.8) is 0 Å². The van der Waals surface area contributed by atoms with Crippen molar-refractivity contribution in [2.75, 3.05) is 19.8 Å². The fourth-order valence-corrected chi connectivity index (χ4v) is 3.57. The number of nitrogens with zero attached hydrogens (tertiary/aromatic N) is 1. The molecule has 0 aliphatic carbocycles. The summed E-state index contributed by atoms with van der Waals surface area (Å²) in [4.78, 5) is 0. The maximum atomic E-state index is 12.1. The number of hydrogen-bond acceptors (Lipinski definition) is 4. The monoisotopic (exact) mass is 308 g/mol. The second kappa shape index (κ2) is 6.56. The fourth-order valence-electron chi connectivity index (χ4n) is 2.27. The summed E-state index contributed by atoms with van der Waals surface area (Å²) < 4.78 is 32.3. The SMILES string of the molecule is CC1(CNS(=O)(=O)Cc2ccc(C#N)cc2)CCOCC1. The van der Waals surface area contributed by atoms with Gasteiger partial charge in [-0.05, 0) is 36.0 Å². The molecule has 0 unspecified atom stereocenters. The van der Waals surface area contributed by atoms with E-state index in [1.807, 2.05) is 6.07 Å². The third-order valence-corrected chi connectivity index (χ3v) is 5.16. The van der Waals surface area contributed by atoms with Crippen molar-refractivity contribution in [1.82, 2.24) is 4.72 Å². The highest BCUT2D eigenvalue weighted by Gasteiger charge is 2.28. The lowest BCUT2D eigenvalue weighted by atomic mass is 9.83. The molecule has 21 heavy (non-hydrogen) atoms. The smallest absolute Gasteiger partial charge is 0.215 e. The van der Waals surface area contributed by atoms with Crippen molar-refractivity contribution >= 4 is 10.0 Å². The summed E-state index contributed by atoms with van der Waals surface area (Å²) >= 11 is 0. The zero-order valence-corrected chi connectivity index (χ0v) is 12.9. The molecule has 2 rings (SSSR count). The van der Waals surface area contributed by atoms with Gasteiger partial charge in [0, 0.05) is 19.8 Å². The Labute approximate surface area is 126 Å². The Morgan fingerprint density at radius 1 is 1.29 bits per heavy atom.